The molecule has 0 aromatic heterocycles. The van der Waals surface area contributed by atoms with Crippen LogP contribution in [0.2, 0.25) is 0 Å². The molecule has 0 aliphatic carbocycles. The highest BCUT2D eigenvalue weighted by Crippen LogP contribution is 2.40. The predicted octanol–water partition coefficient (Wildman–Crippen LogP) is 4.96. The lowest BCUT2D eigenvalue weighted by Gasteiger charge is -2.17. The highest BCUT2D eigenvalue weighted by Gasteiger charge is 2.17. The minimum Gasteiger partial charge on any atom is -0.504 e. The van der Waals surface area contributed by atoms with Crippen molar-refractivity contribution < 1.29 is 14.9 Å². The topological polar surface area (TPSA) is 49.7 Å². The molecule has 0 amide bonds. The lowest BCUT2D eigenvalue weighted by molar-refractivity contribution is 0.300. The quantitative estimate of drug-likeness (QED) is 0.473. The molecule has 3 heteroatoms. The molecule has 0 saturated carbocycles. The molecule has 0 saturated heterocycles. The van der Waals surface area contributed by atoms with Crippen molar-refractivity contribution in [1.82, 2.24) is 0 Å². The van der Waals surface area contributed by atoms with E-state index < -0.39 is 0 Å². The average Bonchev–Trinajstić information content (AvgIpc) is 2.49. The Labute approximate surface area is 129 Å². The molecule has 0 aliphatic heterocycles. The second kappa shape index (κ2) is 9.54. The molecule has 120 valence electrons. The Morgan fingerprint density at radius 1 is 0.857 bits per heavy atom. The first-order valence-electron chi connectivity index (χ1n) is 8.35. The van der Waals surface area contributed by atoms with E-state index in [0.29, 0.717) is 6.61 Å². The number of rotatable bonds is 10. The maximum atomic E-state index is 10.3. The van der Waals surface area contributed by atoms with Gasteiger partial charge in [0.25, 0.3) is 0 Å². The van der Waals surface area contributed by atoms with Crippen molar-refractivity contribution in [1.29, 1.82) is 0 Å². The molecular formula is C18H30O3. The number of unbranched alkanes of at least 4 members (excludes halogenated alkanes) is 3. The highest BCUT2D eigenvalue weighted by atomic mass is 16.5. The van der Waals surface area contributed by atoms with Crippen LogP contribution in [0.15, 0.2) is 6.07 Å². The predicted molar refractivity (Wildman–Crippen MR) is 87.4 cm³/mol. The molecule has 3 nitrogen and oxygen atoms in total. The van der Waals surface area contributed by atoms with Gasteiger partial charge in [0, 0.05) is 11.1 Å². The van der Waals surface area contributed by atoms with E-state index >= 15 is 0 Å². The maximum Gasteiger partial charge on any atom is 0.164 e. The Hall–Kier alpha value is -1.38. The van der Waals surface area contributed by atoms with Gasteiger partial charge >= 0.3 is 0 Å². The lowest BCUT2D eigenvalue weighted by Crippen LogP contribution is -2.02. The van der Waals surface area contributed by atoms with Crippen molar-refractivity contribution in [3.8, 4) is 17.2 Å². The molecule has 0 spiro atoms. The first-order valence-corrected chi connectivity index (χ1v) is 8.35. The van der Waals surface area contributed by atoms with Gasteiger partial charge in [-0.1, -0.05) is 40.0 Å². The van der Waals surface area contributed by atoms with Crippen LogP contribution in [0.4, 0.5) is 0 Å². The summed E-state index contributed by atoms with van der Waals surface area (Å²) in [6, 6.07) is 1.92. The Bertz CT molecular complexity index is 427. The van der Waals surface area contributed by atoms with Crippen LogP contribution in [0.3, 0.4) is 0 Å². The molecule has 1 aromatic rings. The van der Waals surface area contributed by atoms with Gasteiger partial charge in [-0.25, -0.2) is 0 Å². The zero-order valence-electron chi connectivity index (χ0n) is 13.7. The van der Waals surface area contributed by atoms with Crippen LogP contribution in [-0.4, -0.2) is 16.8 Å². The number of benzene rings is 1. The molecule has 0 aliphatic rings. The Kier molecular flexibility index (Phi) is 8.03. The Balaban J connectivity index is 3.04. The van der Waals surface area contributed by atoms with Gasteiger partial charge in [0.1, 0.15) is 5.75 Å². The fourth-order valence-corrected chi connectivity index (χ4v) is 2.33. The normalized spacial score (nSPS) is 10.8. The van der Waals surface area contributed by atoms with Gasteiger partial charge in [-0.3, -0.25) is 0 Å². The van der Waals surface area contributed by atoms with E-state index in [1.54, 1.807) is 0 Å². The van der Waals surface area contributed by atoms with Crippen molar-refractivity contribution in [3.63, 3.8) is 0 Å². The number of ether oxygens (including phenoxy) is 1. The van der Waals surface area contributed by atoms with Crippen molar-refractivity contribution in [3.05, 3.63) is 17.2 Å². The summed E-state index contributed by atoms with van der Waals surface area (Å²) in [5, 5.41) is 20.5. The van der Waals surface area contributed by atoms with Gasteiger partial charge in [-0.2, -0.15) is 0 Å². The molecule has 0 heterocycles. The number of hydrogen-bond donors (Lipinski definition) is 2. The monoisotopic (exact) mass is 294 g/mol. The summed E-state index contributed by atoms with van der Waals surface area (Å²) in [7, 11) is 0. The minimum absolute atomic E-state index is 0.0172. The SMILES string of the molecule is CCCCOc1cc(CCCC)c(O)c(O)c1CCCC. The second-order valence-electron chi connectivity index (χ2n) is 5.62. The fraction of sp³-hybridized carbons (Fsp3) is 0.667. The van der Waals surface area contributed by atoms with Crippen LogP contribution in [0, 0.1) is 0 Å². The largest absolute Gasteiger partial charge is 0.504 e. The zero-order valence-corrected chi connectivity index (χ0v) is 13.7. The van der Waals surface area contributed by atoms with E-state index in [0.717, 1.165) is 68.2 Å². The van der Waals surface area contributed by atoms with Gasteiger partial charge in [0.05, 0.1) is 6.61 Å². The van der Waals surface area contributed by atoms with Gasteiger partial charge in [0.2, 0.25) is 0 Å². The van der Waals surface area contributed by atoms with Gasteiger partial charge in [0.15, 0.2) is 11.5 Å². The summed E-state index contributed by atoms with van der Waals surface area (Å²) < 4.78 is 5.86. The molecule has 0 fully saturated rings. The van der Waals surface area contributed by atoms with Crippen LogP contribution in [0.5, 0.6) is 17.2 Å². The van der Waals surface area contributed by atoms with E-state index in [4.69, 9.17) is 4.74 Å². The number of phenolic OH excluding ortho intramolecular Hbond substituents is 2. The second-order valence-corrected chi connectivity index (χ2v) is 5.62. The van der Waals surface area contributed by atoms with Crippen molar-refractivity contribution >= 4 is 0 Å². The number of phenols is 2. The van der Waals surface area contributed by atoms with Crippen molar-refractivity contribution in [2.75, 3.05) is 6.61 Å². The van der Waals surface area contributed by atoms with E-state index in [1.165, 1.54) is 0 Å². The van der Waals surface area contributed by atoms with Crippen LogP contribution in [0.25, 0.3) is 0 Å². The summed E-state index contributed by atoms with van der Waals surface area (Å²) in [5.74, 6) is 0.805. The smallest absolute Gasteiger partial charge is 0.164 e. The standard InChI is InChI=1S/C18H30O3/c1-4-7-10-14-13-16(21-12-9-6-3)15(11-8-5-2)18(20)17(14)19/h13,19-20H,4-12H2,1-3H3. The van der Waals surface area contributed by atoms with E-state index in [1.807, 2.05) is 6.07 Å². The molecule has 0 bridgehead atoms. The molecule has 0 atom stereocenters. The molecule has 0 unspecified atom stereocenters. The Morgan fingerprint density at radius 2 is 1.48 bits per heavy atom. The average molecular weight is 294 g/mol. The number of aryl methyl sites for hydroxylation is 1. The maximum absolute atomic E-state index is 10.3. The van der Waals surface area contributed by atoms with E-state index in [9.17, 15) is 10.2 Å². The van der Waals surface area contributed by atoms with Gasteiger partial charge in [-0.15, -0.1) is 0 Å². The van der Waals surface area contributed by atoms with Crippen LogP contribution >= 0.6 is 0 Å². The summed E-state index contributed by atoms with van der Waals surface area (Å²) in [4.78, 5) is 0. The molecule has 0 radical (unpaired) electrons. The lowest BCUT2D eigenvalue weighted by atomic mass is 9.99. The van der Waals surface area contributed by atoms with Crippen LogP contribution in [-0.2, 0) is 12.8 Å². The molecule has 1 aromatic carbocycles. The number of aromatic hydroxyl groups is 2. The number of hydrogen-bond acceptors (Lipinski definition) is 3. The first-order chi connectivity index (χ1) is 10.2. The third kappa shape index (κ3) is 5.14. The minimum atomic E-state index is 0.0172. The molecule has 1 rings (SSSR count). The van der Waals surface area contributed by atoms with Crippen molar-refractivity contribution in [2.24, 2.45) is 0 Å². The summed E-state index contributed by atoms with van der Waals surface area (Å²) in [6.07, 6.45) is 7.67. The summed E-state index contributed by atoms with van der Waals surface area (Å²) in [6.45, 7) is 7.02. The molecule has 21 heavy (non-hydrogen) atoms. The third-order valence-corrected chi connectivity index (χ3v) is 3.75. The van der Waals surface area contributed by atoms with E-state index in [-0.39, 0.29) is 11.5 Å². The third-order valence-electron chi connectivity index (χ3n) is 3.75. The van der Waals surface area contributed by atoms with Gasteiger partial charge in [-0.05, 0) is 38.2 Å². The molecule has 2 N–H and O–H groups in total. The van der Waals surface area contributed by atoms with E-state index in [2.05, 4.69) is 20.8 Å². The van der Waals surface area contributed by atoms with Crippen LogP contribution in [0.1, 0.15) is 70.4 Å². The first kappa shape index (κ1) is 17.7. The van der Waals surface area contributed by atoms with Crippen molar-refractivity contribution in [2.45, 2.75) is 72.1 Å². The summed E-state index contributed by atoms with van der Waals surface area (Å²) in [5.41, 5.74) is 1.55. The zero-order chi connectivity index (χ0) is 15.7. The summed E-state index contributed by atoms with van der Waals surface area (Å²) >= 11 is 0. The highest BCUT2D eigenvalue weighted by molar-refractivity contribution is 5.57. The molecular weight excluding hydrogens is 264 g/mol. The van der Waals surface area contributed by atoms with Crippen LogP contribution < -0.4 is 4.74 Å². The Morgan fingerprint density at radius 3 is 2.10 bits per heavy atom. The fourth-order valence-electron chi connectivity index (χ4n) is 2.33. The van der Waals surface area contributed by atoms with Gasteiger partial charge < -0.3 is 14.9 Å².